The number of allylic oxidation sites excluding steroid dienone is 2. The number of methoxy groups -OCH3 is 2. The van der Waals surface area contributed by atoms with Gasteiger partial charge >= 0.3 is 36.7 Å². The summed E-state index contributed by atoms with van der Waals surface area (Å²) in [6.07, 6.45) is 5.75. The molecule has 0 spiro atoms. The average molecular weight is 1540 g/mol. The van der Waals surface area contributed by atoms with Crippen LogP contribution in [0, 0.1) is 46.1 Å². The summed E-state index contributed by atoms with van der Waals surface area (Å²) in [4.78, 5) is 4.91. The predicted molar refractivity (Wildman–Crippen MR) is 411 cm³/mol. The molecule has 99 heavy (non-hydrogen) atoms. The molecule has 3 atom stereocenters. The van der Waals surface area contributed by atoms with Gasteiger partial charge in [-0.1, -0.05) is 147 Å². The third-order valence-electron chi connectivity index (χ3n) is 17.9. The van der Waals surface area contributed by atoms with Crippen molar-refractivity contribution >= 4 is 91.5 Å². The van der Waals surface area contributed by atoms with Gasteiger partial charge in [0, 0.05) is 86.9 Å². The zero-order valence-electron chi connectivity index (χ0n) is 58.8. The molecule has 4 aliphatic heterocycles. The maximum Gasteiger partial charge on any atom is 1.00 e. The molecule has 0 aromatic heterocycles. The van der Waals surface area contributed by atoms with Crippen LogP contribution in [0.15, 0.2) is 183 Å². The standard InChI is InChI=1S/C20H24BrNO.C20H22BrNO.C19H19FN2.C12H16BrN.C7H5BFNO2.CN.CH4.B.Na/c2*1-14-12-20(2,3)18-11-16(21)7-10-19(18)22(14)13-15-5-8-17(23-4)9-6-15;1-12-10-19(2,3)17-9-14(4-5-18(17)22-12)15-6-13(11-21)7-16(20)8-15;1-8-7-12(2,3)10-6-9(13)4-5-11(10)14-8;9-7-2-5(4-10)1-6(3-7)8(11)12;1-2;;;/h5-11,14H,12-13H2,1-4H3;5-12H,13H2,1-4H3;4-9,12,22H,10H2,1-3H3;4-6,8,14H,7H2,1-3H3;1-3,11-12H;;1H4;;/q;;;;;-1;;;+1. The molecule has 19 heteroatoms. The quantitative estimate of drug-likeness (QED) is 0.0847. The molecular formula is C80H90B2Br3F2N7NaO4. The van der Waals surface area contributed by atoms with Gasteiger partial charge in [-0.15, -0.1) is 0 Å². The van der Waals surface area contributed by atoms with Gasteiger partial charge in [0.25, 0.3) is 0 Å². The molecule has 3 unspecified atom stereocenters. The third kappa shape index (κ3) is 22.1. The summed E-state index contributed by atoms with van der Waals surface area (Å²) >= 11 is 10.8. The Morgan fingerprint density at radius 3 is 1.49 bits per heavy atom. The maximum absolute atomic E-state index is 13.7. The first-order valence-corrected chi connectivity index (χ1v) is 34.3. The number of nitrogens with one attached hydrogen (secondary N) is 2. The van der Waals surface area contributed by atoms with Gasteiger partial charge in [-0.25, -0.2) is 8.78 Å². The number of ether oxygens (including phenoxy) is 2. The second-order valence-electron chi connectivity index (χ2n) is 27.5. The number of halogens is 5. The van der Waals surface area contributed by atoms with Crippen molar-refractivity contribution in [1.29, 1.82) is 15.8 Å². The number of fused-ring (bicyclic) bond motifs is 4. The van der Waals surface area contributed by atoms with Gasteiger partial charge in [0.1, 0.15) is 23.1 Å². The molecule has 3 radical (unpaired) electrons. The van der Waals surface area contributed by atoms with Crippen LogP contribution in [0.3, 0.4) is 0 Å². The second-order valence-corrected chi connectivity index (χ2v) is 30.2. The van der Waals surface area contributed by atoms with Crippen molar-refractivity contribution in [2.24, 2.45) is 0 Å². The molecule has 12 rings (SSSR count). The van der Waals surface area contributed by atoms with Crippen molar-refractivity contribution in [3.63, 3.8) is 0 Å². The Hall–Kier alpha value is -6.88. The van der Waals surface area contributed by atoms with Crippen LogP contribution in [0.4, 0.5) is 31.5 Å². The van der Waals surface area contributed by atoms with Gasteiger partial charge in [0.2, 0.25) is 0 Å². The van der Waals surface area contributed by atoms with E-state index < -0.39 is 12.9 Å². The third-order valence-corrected chi connectivity index (χ3v) is 19.4. The SMILES string of the molecule is C.CC1CC(C)(C)c2cc(-c3cc(F)cc(C#N)c3)ccc2N1.CC1CC(C)(C)c2cc(Br)ccc2N1.COc1ccc(CN2C(C)=CC(C)(C)c3cc(Br)ccc32)cc1.COc1ccc(CN2c3ccc(Br)cc3C(C)(C)CC2C)cc1.N#Cc1cc(F)cc(B(O)O)c1.[B].[C-]#N.[Na+]. The summed E-state index contributed by atoms with van der Waals surface area (Å²) in [7, 11) is 1.66. The van der Waals surface area contributed by atoms with Gasteiger partial charge in [0.15, 0.2) is 0 Å². The average Bonchev–Trinajstić information content (AvgIpc) is 0.776. The zero-order valence-corrected chi connectivity index (χ0v) is 65.6. The molecule has 8 aromatic rings. The molecule has 4 aliphatic rings. The van der Waals surface area contributed by atoms with Crippen molar-refractivity contribution in [3.8, 4) is 34.8 Å². The number of nitrogens with zero attached hydrogens (tertiary/aromatic N) is 5. The molecular weight excluding hydrogens is 1450 g/mol. The van der Waals surface area contributed by atoms with Crippen molar-refractivity contribution < 1.29 is 57.9 Å². The summed E-state index contributed by atoms with van der Waals surface area (Å²) in [6.45, 7) is 33.8. The zero-order chi connectivity index (χ0) is 70.6. The van der Waals surface area contributed by atoms with E-state index in [4.69, 9.17) is 41.9 Å². The first-order chi connectivity index (χ1) is 45.3. The number of anilines is 4. The Bertz CT molecular complexity index is 4180. The van der Waals surface area contributed by atoms with Crippen molar-refractivity contribution in [1.82, 2.24) is 0 Å². The molecule has 0 fully saturated rings. The molecule has 0 bridgehead atoms. The number of hydrogen-bond acceptors (Lipinski definition) is 11. The van der Waals surface area contributed by atoms with Crippen LogP contribution in [0.25, 0.3) is 11.1 Å². The predicted octanol–water partition coefficient (Wildman–Crippen LogP) is 16.7. The smallest absolute Gasteiger partial charge is 0.512 e. The van der Waals surface area contributed by atoms with E-state index in [1.54, 1.807) is 26.4 Å². The van der Waals surface area contributed by atoms with E-state index in [1.165, 1.54) is 85.2 Å². The minimum absolute atomic E-state index is 0. The molecule has 511 valence electrons. The summed E-state index contributed by atoms with van der Waals surface area (Å²) in [6, 6.07) is 55.5. The Balaban J connectivity index is 0.000000264. The normalized spacial score (nSPS) is 16.9. The largest absolute Gasteiger partial charge is 1.00 e. The fourth-order valence-electron chi connectivity index (χ4n) is 13.6. The molecule has 0 saturated carbocycles. The van der Waals surface area contributed by atoms with Crippen LogP contribution in [0.1, 0.15) is 154 Å². The van der Waals surface area contributed by atoms with E-state index in [2.05, 4.69) is 248 Å². The fourth-order valence-corrected chi connectivity index (χ4v) is 14.6. The van der Waals surface area contributed by atoms with Crippen molar-refractivity contribution in [2.45, 2.75) is 163 Å². The van der Waals surface area contributed by atoms with Crippen LogP contribution >= 0.6 is 47.8 Å². The van der Waals surface area contributed by atoms with Gasteiger partial charge < -0.3 is 51.8 Å². The van der Waals surface area contributed by atoms with Gasteiger partial charge in [-0.3, -0.25) is 0 Å². The first-order valence-electron chi connectivity index (χ1n) is 31.9. The van der Waals surface area contributed by atoms with Crippen LogP contribution in [-0.4, -0.2) is 57.9 Å². The Morgan fingerprint density at radius 1 is 0.556 bits per heavy atom. The summed E-state index contributed by atoms with van der Waals surface area (Å²) in [5.41, 5.74) is 17.1. The summed E-state index contributed by atoms with van der Waals surface area (Å²) < 4.78 is 40.2. The molecule has 4 N–H and O–H groups in total. The number of nitriles is 2. The van der Waals surface area contributed by atoms with Crippen molar-refractivity contribution in [3.05, 3.63) is 246 Å². The van der Waals surface area contributed by atoms with Crippen LogP contribution in [-0.2, 0) is 34.7 Å². The van der Waals surface area contributed by atoms with Gasteiger partial charge in [0.05, 0.1) is 37.5 Å². The van der Waals surface area contributed by atoms with Crippen molar-refractivity contribution in [2.75, 3.05) is 34.7 Å². The Kier molecular flexibility index (Phi) is 31.3. The van der Waals surface area contributed by atoms with E-state index in [1.807, 2.05) is 36.4 Å². The minimum Gasteiger partial charge on any atom is -0.512 e. The molecule has 0 saturated heterocycles. The first kappa shape index (κ1) is 84.5. The van der Waals surface area contributed by atoms with E-state index in [-0.39, 0.29) is 83.9 Å². The summed E-state index contributed by atoms with van der Waals surface area (Å²) in [5.74, 6) is 0.769. The Labute approximate surface area is 637 Å². The maximum atomic E-state index is 13.7. The minimum atomic E-state index is -1.74. The molecule has 4 heterocycles. The fraction of sp³-hybridized carbons (Fsp3) is 0.338. The number of hydrogen-bond donors (Lipinski definition) is 4. The second kappa shape index (κ2) is 36.6. The molecule has 0 amide bonds. The van der Waals surface area contributed by atoms with E-state index in [0.29, 0.717) is 23.7 Å². The van der Waals surface area contributed by atoms with E-state index in [0.717, 1.165) is 75.3 Å². The molecule has 0 aliphatic carbocycles. The molecule has 8 aromatic carbocycles. The van der Waals surface area contributed by atoms with Crippen LogP contribution in [0.2, 0.25) is 0 Å². The van der Waals surface area contributed by atoms with Gasteiger partial charge in [-0.05, 0) is 241 Å². The van der Waals surface area contributed by atoms with E-state index >= 15 is 0 Å². The van der Waals surface area contributed by atoms with Gasteiger partial charge in [-0.2, -0.15) is 10.5 Å². The summed E-state index contributed by atoms with van der Waals surface area (Å²) in [5, 5.41) is 48.0. The topological polar surface area (TPSA) is 161 Å². The number of benzene rings is 8. The monoisotopic (exact) mass is 1530 g/mol. The molecule has 11 nitrogen and oxygen atoms in total. The van der Waals surface area contributed by atoms with E-state index in [9.17, 15) is 8.78 Å². The van der Waals surface area contributed by atoms with Crippen LogP contribution in [0.5, 0.6) is 11.5 Å². The van der Waals surface area contributed by atoms with Crippen LogP contribution < -0.4 is 64.9 Å². The number of rotatable bonds is 8. The Morgan fingerprint density at radius 2 is 0.990 bits per heavy atom.